The first-order valence-corrected chi connectivity index (χ1v) is 9.56. The summed E-state index contributed by atoms with van der Waals surface area (Å²) in [5.74, 6) is 0.286. The molecule has 2 atom stereocenters. The van der Waals surface area contributed by atoms with Gasteiger partial charge in [-0.15, -0.1) is 0 Å². The van der Waals surface area contributed by atoms with Crippen LogP contribution in [0, 0.1) is 5.92 Å². The summed E-state index contributed by atoms with van der Waals surface area (Å²) in [6.07, 6.45) is 6.06. The number of rotatable bonds is 6. The van der Waals surface area contributed by atoms with E-state index in [1.807, 2.05) is 6.92 Å². The van der Waals surface area contributed by atoms with Crippen LogP contribution in [0.15, 0.2) is 18.2 Å². The van der Waals surface area contributed by atoms with Crippen LogP contribution < -0.4 is 16.0 Å². The fraction of sp³-hybridized carbons (Fsp3) is 0.579. The second-order valence-electron chi connectivity index (χ2n) is 7.18. The highest BCUT2D eigenvalue weighted by Crippen LogP contribution is 2.33. The highest BCUT2D eigenvalue weighted by atomic mass is 35.5. The van der Waals surface area contributed by atoms with Crippen molar-refractivity contribution in [2.45, 2.75) is 57.5 Å². The number of anilines is 1. The fourth-order valence-electron chi connectivity index (χ4n) is 3.93. The van der Waals surface area contributed by atoms with Gasteiger partial charge in [0.1, 0.15) is 0 Å². The lowest BCUT2D eigenvalue weighted by Crippen LogP contribution is -2.39. The number of hydrogen-bond donors (Lipinski definition) is 3. The molecule has 0 saturated carbocycles. The summed E-state index contributed by atoms with van der Waals surface area (Å²) in [6, 6.07) is 6.22. The zero-order valence-electron chi connectivity index (χ0n) is 14.6. The van der Waals surface area contributed by atoms with Gasteiger partial charge in [-0.25, -0.2) is 0 Å². The van der Waals surface area contributed by atoms with Gasteiger partial charge in [0.05, 0.1) is 10.6 Å². The number of carbonyl (C=O) groups is 2. The largest absolute Gasteiger partial charge is 0.352 e. The van der Waals surface area contributed by atoms with Crippen LogP contribution in [0.3, 0.4) is 0 Å². The van der Waals surface area contributed by atoms with Crippen molar-refractivity contribution in [2.75, 3.05) is 11.9 Å². The predicted octanol–water partition coefficient (Wildman–Crippen LogP) is 3.34. The third-order valence-corrected chi connectivity index (χ3v) is 5.39. The standard InChI is InChI=1S/C19H26ClN3O2/c1-2-7-21-19(25)16-6-5-15(11-17(16)20)23-18(24)10-12-8-13-3-4-14(9-12)22-13/h5-6,11-14,22H,2-4,7-10H2,1H3,(H,21,25)(H,23,24). The maximum atomic E-state index is 12.3. The second kappa shape index (κ2) is 8.19. The van der Waals surface area contributed by atoms with E-state index in [0.717, 1.165) is 19.3 Å². The molecule has 2 saturated heterocycles. The maximum absolute atomic E-state index is 12.3. The number of benzene rings is 1. The molecule has 25 heavy (non-hydrogen) atoms. The Morgan fingerprint density at radius 1 is 1.24 bits per heavy atom. The molecule has 2 heterocycles. The Bertz CT molecular complexity index is 638. The van der Waals surface area contributed by atoms with Crippen LogP contribution in [-0.2, 0) is 4.79 Å². The molecule has 2 aliphatic rings. The van der Waals surface area contributed by atoms with Gasteiger partial charge in [0.25, 0.3) is 5.91 Å². The van der Waals surface area contributed by atoms with Gasteiger partial charge in [-0.2, -0.15) is 0 Å². The van der Waals surface area contributed by atoms with E-state index in [1.165, 1.54) is 12.8 Å². The summed E-state index contributed by atoms with van der Waals surface area (Å²) in [4.78, 5) is 24.3. The van der Waals surface area contributed by atoms with Crippen molar-refractivity contribution in [3.8, 4) is 0 Å². The van der Waals surface area contributed by atoms with Crippen molar-refractivity contribution in [1.82, 2.24) is 10.6 Å². The number of nitrogens with one attached hydrogen (secondary N) is 3. The van der Waals surface area contributed by atoms with Gasteiger partial charge in [0, 0.05) is 30.7 Å². The van der Waals surface area contributed by atoms with Crippen molar-refractivity contribution in [3.05, 3.63) is 28.8 Å². The Kier molecular flexibility index (Phi) is 5.97. The molecular weight excluding hydrogens is 338 g/mol. The monoisotopic (exact) mass is 363 g/mol. The topological polar surface area (TPSA) is 70.2 Å². The van der Waals surface area contributed by atoms with Gasteiger partial charge >= 0.3 is 0 Å². The van der Waals surface area contributed by atoms with Crippen molar-refractivity contribution in [3.63, 3.8) is 0 Å². The van der Waals surface area contributed by atoms with Crippen LogP contribution in [0.2, 0.25) is 5.02 Å². The Balaban J connectivity index is 1.54. The van der Waals surface area contributed by atoms with Gasteiger partial charge in [-0.1, -0.05) is 18.5 Å². The summed E-state index contributed by atoms with van der Waals surface area (Å²) in [7, 11) is 0. The molecule has 136 valence electrons. The number of piperidine rings is 1. The molecule has 3 N–H and O–H groups in total. The normalized spacial score (nSPS) is 24.8. The van der Waals surface area contributed by atoms with Gasteiger partial charge in [0.2, 0.25) is 5.91 Å². The molecular formula is C19H26ClN3O2. The molecule has 2 bridgehead atoms. The van der Waals surface area contributed by atoms with E-state index >= 15 is 0 Å². The molecule has 0 radical (unpaired) electrons. The maximum Gasteiger partial charge on any atom is 0.252 e. The first-order valence-electron chi connectivity index (χ1n) is 9.18. The summed E-state index contributed by atoms with van der Waals surface area (Å²) in [6.45, 7) is 2.61. The van der Waals surface area contributed by atoms with Gasteiger partial charge in [-0.05, 0) is 56.2 Å². The molecule has 2 fully saturated rings. The van der Waals surface area contributed by atoms with Crippen molar-refractivity contribution >= 4 is 29.1 Å². The highest BCUT2D eigenvalue weighted by Gasteiger charge is 2.34. The SMILES string of the molecule is CCCNC(=O)c1ccc(NC(=O)CC2CC3CCC(C2)N3)cc1Cl. The minimum atomic E-state index is -0.185. The van der Waals surface area contributed by atoms with E-state index in [0.29, 0.717) is 47.2 Å². The quantitative estimate of drug-likeness (QED) is 0.726. The Morgan fingerprint density at radius 3 is 2.60 bits per heavy atom. The average molecular weight is 364 g/mol. The number of fused-ring (bicyclic) bond motifs is 2. The molecule has 2 unspecified atom stereocenters. The lowest BCUT2D eigenvalue weighted by molar-refractivity contribution is -0.117. The Hall–Kier alpha value is -1.59. The van der Waals surface area contributed by atoms with Crippen LogP contribution in [0.25, 0.3) is 0 Å². The minimum absolute atomic E-state index is 0.0190. The van der Waals surface area contributed by atoms with E-state index in [1.54, 1.807) is 18.2 Å². The summed E-state index contributed by atoms with van der Waals surface area (Å²) in [5, 5.41) is 9.66. The van der Waals surface area contributed by atoms with E-state index in [-0.39, 0.29) is 11.8 Å². The third kappa shape index (κ3) is 4.73. The molecule has 1 aromatic carbocycles. The fourth-order valence-corrected chi connectivity index (χ4v) is 4.19. The van der Waals surface area contributed by atoms with Gasteiger partial charge in [-0.3, -0.25) is 9.59 Å². The first-order chi connectivity index (χ1) is 12.0. The summed E-state index contributed by atoms with van der Waals surface area (Å²) < 4.78 is 0. The average Bonchev–Trinajstić information content (AvgIpc) is 2.91. The lowest BCUT2D eigenvalue weighted by Gasteiger charge is -2.28. The smallest absolute Gasteiger partial charge is 0.252 e. The molecule has 3 rings (SSSR count). The third-order valence-electron chi connectivity index (χ3n) is 5.08. The van der Waals surface area contributed by atoms with E-state index in [2.05, 4.69) is 16.0 Å². The molecule has 6 heteroatoms. The van der Waals surface area contributed by atoms with Crippen LogP contribution in [0.4, 0.5) is 5.69 Å². The van der Waals surface area contributed by atoms with Crippen molar-refractivity contribution in [1.29, 1.82) is 0 Å². The van der Waals surface area contributed by atoms with Crippen LogP contribution in [0.5, 0.6) is 0 Å². The molecule has 1 aromatic rings. The Labute approximate surface area is 153 Å². The molecule has 0 spiro atoms. The van der Waals surface area contributed by atoms with Crippen LogP contribution >= 0.6 is 11.6 Å². The summed E-state index contributed by atoms with van der Waals surface area (Å²) >= 11 is 6.20. The second-order valence-corrected chi connectivity index (χ2v) is 7.59. The van der Waals surface area contributed by atoms with Gasteiger partial charge in [0.15, 0.2) is 0 Å². The Morgan fingerprint density at radius 2 is 1.96 bits per heavy atom. The number of amides is 2. The zero-order chi connectivity index (χ0) is 17.8. The van der Waals surface area contributed by atoms with Crippen molar-refractivity contribution < 1.29 is 9.59 Å². The first kappa shape index (κ1) is 18.2. The summed E-state index contributed by atoms with van der Waals surface area (Å²) in [5.41, 5.74) is 1.07. The highest BCUT2D eigenvalue weighted by molar-refractivity contribution is 6.34. The lowest BCUT2D eigenvalue weighted by atomic mass is 9.89. The zero-order valence-corrected chi connectivity index (χ0v) is 15.4. The molecule has 0 aromatic heterocycles. The minimum Gasteiger partial charge on any atom is -0.352 e. The van der Waals surface area contributed by atoms with Gasteiger partial charge < -0.3 is 16.0 Å². The van der Waals surface area contributed by atoms with E-state index in [9.17, 15) is 9.59 Å². The van der Waals surface area contributed by atoms with Crippen molar-refractivity contribution in [2.24, 2.45) is 5.92 Å². The number of carbonyl (C=O) groups excluding carboxylic acids is 2. The molecule has 2 aliphatic heterocycles. The molecule has 2 amide bonds. The van der Waals surface area contributed by atoms with Crippen LogP contribution in [0.1, 0.15) is 55.8 Å². The predicted molar refractivity (Wildman–Crippen MR) is 100.0 cm³/mol. The molecule has 5 nitrogen and oxygen atoms in total. The van der Waals surface area contributed by atoms with Crippen LogP contribution in [-0.4, -0.2) is 30.4 Å². The van der Waals surface area contributed by atoms with E-state index in [4.69, 9.17) is 11.6 Å². The molecule has 0 aliphatic carbocycles. The van der Waals surface area contributed by atoms with E-state index < -0.39 is 0 Å². The number of hydrogen-bond acceptors (Lipinski definition) is 3. The number of halogens is 1.